The number of para-hydroxylation sites is 1. The third-order valence-corrected chi connectivity index (χ3v) is 4.96. The van der Waals surface area contributed by atoms with Crippen LogP contribution in [0.2, 0.25) is 0 Å². The number of nitrogens with zero attached hydrogens (tertiary/aromatic N) is 5. The Morgan fingerprint density at radius 1 is 1.19 bits per heavy atom. The molecule has 1 saturated heterocycles. The predicted molar refractivity (Wildman–Crippen MR) is 105 cm³/mol. The van der Waals surface area contributed by atoms with Crippen LogP contribution >= 0.6 is 0 Å². The molecule has 1 unspecified atom stereocenters. The lowest BCUT2D eigenvalue weighted by molar-refractivity contribution is 0.208. The molecule has 1 atom stereocenters. The molecule has 0 aliphatic carbocycles. The van der Waals surface area contributed by atoms with Crippen molar-refractivity contribution < 1.29 is 5.11 Å². The van der Waals surface area contributed by atoms with E-state index in [0.717, 1.165) is 48.8 Å². The van der Waals surface area contributed by atoms with Gasteiger partial charge in [-0.15, -0.1) is 0 Å². The van der Waals surface area contributed by atoms with Crippen molar-refractivity contribution in [2.45, 2.75) is 19.4 Å². The second-order valence-electron chi connectivity index (χ2n) is 6.83. The first-order chi connectivity index (χ1) is 13.3. The van der Waals surface area contributed by atoms with Crippen molar-refractivity contribution in [2.75, 3.05) is 29.9 Å². The van der Waals surface area contributed by atoms with Crippen LogP contribution in [0.25, 0.3) is 5.69 Å². The third-order valence-electron chi connectivity index (χ3n) is 4.96. The molecule has 2 aromatic heterocycles. The summed E-state index contributed by atoms with van der Waals surface area (Å²) in [6.45, 7) is 2.69. The Morgan fingerprint density at radius 3 is 2.96 bits per heavy atom. The molecule has 0 spiro atoms. The van der Waals surface area contributed by atoms with Crippen LogP contribution in [-0.4, -0.2) is 44.6 Å². The Kier molecular flexibility index (Phi) is 5.29. The van der Waals surface area contributed by atoms with Gasteiger partial charge in [-0.3, -0.25) is 0 Å². The Morgan fingerprint density at radius 2 is 2.11 bits per heavy atom. The van der Waals surface area contributed by atoms with Crippen molar-refractivity contribution in [3.63, 3.8) is 0 Å². The molecule has 0 amide bonds. The van der Waals surface area contributed by atoms with Gasteiger partial charge in [-0.1, -0.05) is 18.2 Å². The quantitative estimate of drug-likeness (QED) is 0.700. The van der Waals surface area contributed by atoms with Gasteiger partial charge in [0.25, 0.3) is 0 Å². The van der Waals surface area contributed by atoms with E-state index in [2.05, 4.69) is 37.4 Å². The fourth-order valence-electron chi connectivity index (χ4n) is 3.52. The van der Waals surface area contributed by atoms with Crippen LogP contribution < -0.4 is 10.2 Å². The van der Waals surface area contributed by atoms with Gasteiger partial charge in [0.2, 0.25) is 0 Å². The second kappa shape index (κ2) is 8.18. The molecule has 1 aliphatic rings. The maximum atomic E-state index is 9.45. The van der Waals surface area contributed by atoms with E-state index in [1.807, 2.05) is 35.1 Å². The van der Waals surface area contributed by atoms with Crippen LogP contribution in [0.1, 0.15) is 18.4 Å². The van der Waals surface area contributed by atoms with E-state index in [4.69, 9.17) is 0 Å². The maximum Gasteiger partial charge on any atom is 0.134 e. The molecular formula is C20H24N6O. The standard InChI is InChI=1S/C20H24N6O/c27-14-16-5-3-9-25(13-16)20-11-19(22-15-23-20)21-12-17-6-1-2-7-18(17)26-10-4-8-24-26/h1-2,4,6-8,10-11,15-16,27H,3,5,9,12-14H2,(H,21,22,23). The summed E-state index contributed by atoms with van der Waals surface area (Å²) >= 11 is 0. The number of hydrogen-bond acceptors (Lipinski definition) is 6. The van der Waals surface area contributed by atoms with Crippen LogP contribution in [0.3, 0.4) is 0 Å². The van der Waals surface area contributed by atoms with E-state index < -0.39 is 0 Å². The largest absolute Gasteiger partial charge is 0.396 e. The normalized spacial score (nSPS) is 17.1. The topological polar surface area (TPSA) is 79.1 Å². The average molecular weight is 364 g/mol. The summed E-state index contributed by atoms with van der Waals surface area (Å²) < 4.78 is 1.87. The summed E-state index contributed by atoms with van der Waals surface area (Å²) in [4.78, 5) is 11.0. The van der Waals surface area contributed by atoms with E-state index in [-0.39, 0.29) is 6.61 Å². The monoisotopic (exact) mass is 364 g/mol. The van der Waals surface area contributed by atoms with Crippen LogP contribution in [0.5, 0.6) is 0 Å². The minimum atomic E-state index is 0.233. The first-order valence-corrected chi connectivity index (χ1v) is 9.33. The number of aliphatic hydroxyl groups is 1. The average Bonchev–Trinajstić information content (AvgIpc) is 3.27. The highest BCUT2D eigenvalue weighted by atomic mass is 16.3. The Balaban J connectivity index is 1.47. The number of hydrogen-bond donors (Lipinski definition) is 2. The lowest BCUT2D eigenvalue weighted by Crippen LogP contribution is -2.37. The van der Waals surface area contributed by atoms with E-state index in [1.165, 1.54) is 0 Å². The molecule has 2 N–H and O–H groups in total. The van der Waals surface area contributed by atoms with Gasteiger partial charge < -0.3 is 15.3 Å². The highest BCUT2D eigenvalue weighted by molar-refractivity contribution is 5.50. The Hall–Kier alpha value is -2.93. The highest BCUT2D eigenvalue weighted by Crippen LogP contribution is 2.23. The van der Waals surface area contributed by atoms with Gasteiger partial charge in [0.1, 0.15) is 18.0 Å². The number of nitrogens with one attached hydrogen (secondary N) is 1. The highest BCUT2D eigenvalue weighted by Gasteiger charge is 2.20. The molecule has 0 saturated carbocycles. The van der Waals surface area contributed by atoms with E-state index in [1.54, 1.807) is 12.5 Å². The molecule has 27 heavy (non-hydrogen) atoms. The summed E-state index contributed by atoms with van der Waals surface area (Å²) in [5, 5.41) is 17.2. The summed E-state index contributed by atoms with van der Waals surface area (Å²) in [5.74, 6) is 2.03. The summed E-state index contributed by atoms with van der Waals surface area (Å²) in [7, 11) is 0. The molecule has 1 aromatic carbocycles. The van der Waals surface area contributed by atoms with Gasteiger partial charge >= 0.3 is 0 Å². The lowest BCUT2D eigenvalue weighted by atomic mass is 9.99. The second-order valence-corrected chi connectivity index (χ2v) is 6.83. The zero-order valence-electron chi connectivity index (χ0n) is 15.2. The van der Waals surface area contributed by atoms with Gasteiger partial charge in [-0.2, -0.15) is 5.10 Å². The molecule has 1 fully saturated rings. The van der Waals surface area contributed by atoms with E-state index in [0.29, 0.717) is 12.5 Å². The van der Waals surface area contributed by atoms with Crippen LogP contribution in [0.15, 0.2) is 55.1 Å². The van der Waals surface area contributed by atoms with Crippen molar-refractivity contribution in [2.24, 2.45) is 5.92 Å². The molecule has 0 bridgehead atoms. The zero-order valence-corrected chi connectivity index (χ0v) is 15.2. The van der Waals surface area contributed by atoms with E-state index in [9.17, 15) is 5.11 Å². The number of rotatable bonds is 6. The number of aromatic nitrogens is 4. The summed E-state index contributed by atoms with van der Waals surface area (Å²) in [5.41, 5.74) is 2.19. The van der Waals surface area contributed by atoms with Gasteiger partial charge in [0.15, 0.2) is 0 Å². The van der Waals surface area contributed by atoms with Crippen molar-refractivity contribution >= 4 is 11.6 Å². The number of benzene rings is 1. The molecule has 7 heteroatoms. The number of piperidine rings is 1. The first kappa shape index (κ1) is 17.5. The predicted octanol–water partition coefficient (Wildman–Crippen LogP) is 2.48. The van der Waals surface area contributed by atoms with Crippen LogP contribution in [0.4, 0.5) is 11.6 Å². The Labute approximate surface area is 158 Å². The molecule has 0 radical (unpaired) electrons. The SMILES string of the molecule is OCC1CCCN(c2cc(NCc3ccccc3-n3cccn3)ncn2)C1. The van der Waals surface area contributed by atoms with Crippen LogP contribution in [0, 0.1) is 5.92 Å². The molecular weight excluding hydrogens is 340 g/mol. The summed E-state index contributed by atoms with van der Waals surface area (Å²) in [6.07, 6.45) is 7.47. The molecule has 140 valence electrons. The smallest absolute Gasteiger partial charge is 0.134 e. The summed E-state index contributed by atoms with van der Waals surface area (Å²) in [6, 6.07) is 12.1. The molecule has 7 nitrogen and oxygen atoms in total. The van der Waals surface area contributed by atoms with Gasteiger partial charge in [-0.25, -0.2) is 14.6 Å². The van der Waals surface area contributed by atoms with Crippen molar-refractivity contribution in [1.82, 2.24) is 19.7 Å². The van der Waals surface area contributed by atoms with E-state index >= 15 is 0 Å². The zero-order chi connectivity index (χ0) is 18.5. The molecule has 4 rings (SSSR count). The van der Waals surface area contributed by atoms with Crippen LogP contribution in [-0.2, 0) is 6.54 Å². The fourth-order valence-corrected chi connectivity index (χ4v) is 3.52. The van der Waals surface area contributed by atoms with Crippen molar-refractivity contribution in [1.29, 1.82) is 0 Å². The Bertz CT molecular complexity index is 866. The molecule has 3 aromatic rings. The minimum Gasteiger partial charge on any atom is -0.396 e. The van der Waals surface area contributed by atoms with Gasteiger partial charge in [-0.05, 0) is 36.5 Å². The number of anilines is 2. The van der Waals surface area contributed by atoms with Crippen molar-refractivity contribution in [3.8, 4) is 5.69 Å². The van der Waals surface area contributed by atoms with Crippen molar-refractivity contribution in [3.05, 3.63) is 60.7 Å². The van der Waals surface area contributed by atoms with Gasteiger partial charge in [0.05, 0.1) is 5.69 Å². The maximum absolute atomic E-state index is 9.45. The number of aliphatic hydroxyl groups excluding tert-OH is 1. The third kappa shape index (κ3) is 4.09. The van der Waals surface area contributed by atoms with Gasteiger partial charge in [0, 0.05) is 44.7 Å². The fraction of sp³-hybridized carbons (Fsp3) is 0.350. The lowest BCUT2D eigenvalue weighted by Gasteiger charge is -2.32. The molecule has 1 aliphatic heterocycles. The molecule has 3 heterocycles. The minimum absolute atomic E-state index is 0.233. The first-order valence-electron chi connectivity index (χ1n) is 9.33.